The molecule has 9 heavy (non-hydrogen) atoms. The number of hydrogen-bond donors (Lipinski definition) is 2. The van der Waals surface area contributed by atoms with E-state index >= 15 is 0 Å². The van der Waals surface area contributed by atoms with Gasteiger partial charge in [-0.05, 0) is 17.6 Å². The molecule has 0 fully saturated rings. The highest BCUT2D eigenvalue weighted by atomic mass is 16.3. The number of allylic oxidation sites excluding steroid dienone is 2. The lowest BCUT2D eigenvalue weighted by Crippen LogP contribution is -1.91. The molecule has 2 N–H and O–H groups in total. The third kappa shape index (κ3) is 1.40. The molecule has 2 nitrogen and oxygen atoms in total. The molecule has 0 bridgehead atoms. The molecule has 0 atom stereocenters. The van der Waals surface area contributed by atoms with Gasteiger partial charge in [-0.2, -0.15) is 0 Å². The summed E-state index contributed by atoms with van der Waals surface area (Å²) in [5.74, 6) is 0. The molecule has 0 spiro atoms. The van der Waals surface area contributed by atoms with Crippen molar-refractivity contribution in [1.82, 2.24) is 0 Å². The summed E-state index contributed by atoms with van der Waals surface area (Å²) in [4.78, 5) is 0. The summed E-state index contributed by atoms with van der Waals surface area (Å²) in [7, 11) is 0. The van der Waals surface area contributed by atoms with Crippen molar-refractivity contribution >= 4 is 0 Å². The van der Waals surface area contributed by atoms with Gasteiger partial charge in [-0.1, -0.05) is 12.2 Å². The number of aliphatic hydroxyl groups excluding tert-OH is 2. The molecule has 0 amide bonds. The molecule has 0 saturated heterocycles. The highest BCUT2D eigenvalue weighted by Gasteiger charge is 2.04. The molecule has 2 heteroatoms. The van der Waals surface area contributed by atoms with Gasteiger partial charge in [0.1, 0.15) is 0 Å². The van der Waals surface area contributed by atoms with Gasteiger partial charge >= 0.3 is 0 Å². The van der Waals surface area contributed by atoms with Crippen LogP contribution >= 0.6 is 0 Å². The van der Waals surface area contributed by atoms with Crippen LogP contribution in [-0.2, 0) is 0 Å². The Morgan fingerprint density at radius 2 is 1.56 bits per heavy atom. The topological polar surface area (TPSA) is 40.5 Å². The van der Waals surface area contributed by atoms with Crippen LogP contribution in [0.2, 0.25) is 0 Å². The van der Waals surface area contributed by atoms with E-state index in [1.165, 1.54) is 0 Å². The van der Waals surface area contributed by atoms with Crippen LogP contribution in [0.15, 0.2) is 23.3 Å². The van der Waals surface area contributed by atoms with E-state index in [9.17, 15) is 0 Å². The normalized spacial score (nSPS) is 17.6. The molecule has 0 aromatic rings. The summed E-state index contributed by atoms with van der Waals surface area (Å²) in [6.45, 7) is 0.222. The van der Waals surface area contributed by atoms with Crippen LogP contribution in [0.4, 0.5) is 0 Å². The molecule has 0 aromatic heterocycles. The van der Waals surface area contributed by atoms with Crippen LogP contribution in [0.5, 0.6) is 0 Å². The molecule has 0 saturated carbocycles. The Kier molecular flexibility index (Phi) is 2.03. The van der Waals surface area contributed by atoms with Gasteiger partial charge in [0, 0.05) is 0 Å². The van der Waals surface area contributed by atoms with Gasteiger partial charge in [-0.15, -0.1) is 0 Å². The van der Waals surface area contributed by atoms with Gasteiger partial charge in [-0.3, -0.25) is 0 Å². The van der Waals surface area contributed by atoms with Crippen molar-refractivity contribution < 1.29 is 10.2 Å². The lowest BCUT2D eigenvalue weighted by atomic mass is 10.2. The standard InChI is InChI=1S/C7H10O2/c8-4-6-1-2-7(3-6)5-9/h1-2,8-9H,3-5H2. The first-order valence-electron chi connectivity index (χ1n) is 2.96. The smallest absolute Gasteiger partial charge is 0.0647 e. The molecule has 1 aliphatic carbocycles. The summed E-state index contributed by atoms with van der Waals surface area (Å²) in [5, 5.41) is 17.2. The Hall–Kier alpha value is -0.600. The fraction of sp³-hybridized carbons (Fsp3) is 0.429. The van der Waals surface area contributed by atoms with Gasteiger partial charge in [-0.25, -0.2) is 0 Å². The van der Waals surface area contributed by atoms with E-state index in [2.05, 4.69) is 0 Å². The van der Waals surface area contributed by atoms with Crippen molar-refractivity contribution in [3.63, 3.8) is 0 Å². The fourth-order valence-corrected chi connectivity index (χ4v) is 0.862. The lowest BCUT2D eigenvalue weighted by molar-refractivity contribution is 0.318. The Morgan fingerprint density at radius 1 is 1.11 bits per heavy atom. The second kappa shape index (κ2) is 2.80. The maximum Gasteiger partial charge on any atom is 0.0647 e. The first-order chi connectivity index (χ1) is 4.36. The molecular weight excluding hydrogens is 116 g/mol. The van der Waals surface area contributed by atoms with Gasteiger partial charge in [0.25, 0.3) is 0 Å². The Morgan fingerprint density at radius 3 is 1.78 bits per heavy atom. The summed E-state index contributed by atoms with van der Waals surface area (Å²) in [6.07, 6.45) is 4.45. The van der Waals surface area contributed by atoms with Crippen LogP contribution in [0.1, 0.15) is 6.42 Å². The number of aliphatic hydroxyl groups is 2. The van der Waals surface area contributed by atoms with Gasteiger partial charge < -0.3 is 10.2 Å². The first kappa shape index (κ1) is 6.52. The molecule has 0 radical (unpaired) electrons. The minimum atomic E-state index is 0.111. The van der Waals surface area contributed by atoms with Gasteiger partial charge in [0.15, 0.2) is 0 Å². The van der Waals surface area contributed by atoms with Gasteiger partial charge in [0.05, 0.1) is 13.2 Å². The van der Waals surface area contributed by atoms with E-state index < -0.39 is 0 Å². The number of rotatable bonds is 2. The zero-order chi connectivity index (χ0) is 6.69. The quantitative estimate of drug-likeness (QED) is 0.556. The maximum atomic E-state index is 8.60. The average molecular weight is 126 g/mol. The van der Waals surface area contributed by atoms with Crippen LogP contribution < -0.4 is 0 Å². The number of hydrogen-bond acceptors (Lipinski definition) is 2. The molecule has 0 aliphatic heterocycles. The Labute approximate surface area is 54.1 Å². The minimum Gasteiger partial charge on any atom is -0.392 e. The maximum absolute atomic E-state index is 8.60. The molecule has 0 unspecified atom stereocenters. The van der Waals surface area contributed by atoms with Crippen LogP contribution in [-0.4, -0.2) is 23.4 Å². The first-order valence-corrected chi connectivity index (χ1v) is 2.96. The van der Waals surface area contributed by atoms with E-state index in [1.54, 1.807) is 0 Å². The Balaban J connectivity index is 2.43. The van der Waals surface area contributed by atoms with E-state index in [1.807, 2.05) is 12.2 Å². The van der Waals surface area contributed by atoms with Gasteiger partial charge in [0.2, 0.25) is 0 Å². The molecular formula is C7H10O2. The lowest BCUT2D eigenvalue weighted by Gasteiger charge is -1.96. The third-order valence-corrected chi connectivity index (χ3v) is 1.42. The van der Waals surface area contributed by atoms with Crippen molar-refractivity contribution in [2.24, 2.45) is 0 Å². The summed E-state index contributed by atoms with van der Waals surface area (Å²) < 4.78 is 0. The van der Waals surface area contributed by atoms with Crippen molar-refractivity contribution in [3.05, 3.63) is 23.3 Å². The summed E-state index contributed by atoms with van der Waals surface area (Å²) in [6, 6.07) is 0. The van der Waals surface area contributed by atoms with E-state index in [-0.39, 0.29) is 13.2 Å². The largest absolute Gasteiger partial charge is 0.392 e. The summed E-state index contributed by atoms with van der Waals surface area (Å²) >= 11 is 0. The minimum absolute atomic E-state index is 0.111. The van der Waals surface area contributed by atoms with E-state index in [0.717, 1.165) is 17.6 Å². The van der Waals surface area contributed by atoms with Crippen LogP contribution in [0.25, 0.3) is 0 Å². The van der Waals surface area contributed by atoms with E-state index in [4.69, 9.17) is 10.2 Å². The zero-order valence-corrected chi connectivity index (χ0v) is 5.17. The molecule has 50 valence electrons. The fourth-order valence-electron chi connectivity index (χ4n) is 0.862. The van der Waals surface area contributed by atoms with Crippen LogP contribution in [0.3, 0.4) is 0 Å². The summed E-state index contributed by atoms with van der Waals surface area (Å²) in [5.41, 5.74) is 1.97. The second-order valence-electron chi connectivity index (χ2n) is 2.14. The predicted molar refractivity (Wildman–Crippen MR) is 35.0 cm³/mol. The van der Waals surface area contributed by atoms with E-state index in [0.29, 0.717) is 0 Å². The predicted octanol–water partition coefficient (Wildman–Crippen LogP) is 0.227. The third-order valence-electron chi connectivity index (χ3n) is 1.42. The monoisotopic (exact) mass is 126 g/mol. The van der Waals surface area contributed by atoms with Crippen molar-refractivity contribution in [2.45, 2.75) is 6.42 Å². The zero-order valence-electron chi connectivity index (χ0n) is 5.17. The van der Waals surface area contributed by atoms with Crippen molar-refractivity contribution in [2.75, 3.05) is 13.2 Å². The average Bonchev–Trinajstić information content (AvgIpc) is 2.34. The molecule has 1 aliphatic rings. The molecule has 0 heterocycles. The molecule has 1 rings (SSSR count). The van der Waals surface area contributed by atoms with Crippen LogP contribution in [0, 0.1) is 0 Å². The highest BCUT2D eigenvalue weighted by molar-refractivity contribution is 5.30. The highest BCUT2D eigenvalue weighted by Crippen LogP contribution is 2.16. The SMILES string of the molecule is OCC1=CC=C(CO)C1. The second-order valence-corrected chi connectivity index (χ2v) is 2.14. The van der Waals surface area contributed by atoms with Crippen molar-refractivity contribution in [3.8, 4) is 0 Å². The molecule has 0 aromatic carbocycles. The Bertz CT molecular complexity index is 138. The van der Waals surface area contributed by atoms with Crippen molar-refractivity contribution in [1.29, 1.82) is 0 Å².